The molecule has 0 N–H and O–H groups in total. The minimum absolute atomic E-state index is 0.714. The molecule has 0 saturated heterocycles. The monoisotopic (exact) mass is 138 g/mol. The molecule has 0 atom stereocenters. The van der Waals surface area contributed by atoms with Crippen molar-refractivity contribution >= 4 is 17.7 Å². The molecule has 10 heavy (non-hydrogen) atoms. The van der Waals surface area contributed by atoms with E-state index in [2.05, 4.69) is 17.7 Å². The molecular weight excluding hydrogens is 123 g/mol. The second-order valence-corrected chi connectivity index (χ2v) is 2.31. The van der Waals surface area contributed by atoms with E-state index in [4.69, 9.17) is 9.47 Å². The molecule has 0 saturated carbocycles. The number of hydrogen-bond acceptors (Lipinski definition) is 2. The second-order valence-electron chi connectivity index (χ2n) is 2.31. The zero-order chi connectivity index (χ0) is 7.66. The van der Waals surface area contributed by atoms with E-state index in [1.807, 2.05) is 0 Å². The molecule has 0 aliphatic heterocycles. The van der Waals surface area contributed by atoms with E-state index < -0.39 is 0 Å². The van der Waals surface area contributed by atoms with Crippen molar-refractivity contribution in [2.24, 2.45) is 0 Å². The standard InChI is InChI=1S/C7H15O2.Li/c1-3-4-5-9-7-6-8-2;/h1,3-7H2,2H3;. The zero-order valence-corrected chi connectivity index (χ0v) is 7.06. The molecule has 0 aromatic rings. The van der Waals surface area contributed by atoms with E-state index in [0.717, 1.165) is 13.2 Å². The van der Waals surface area contributed by atoms with Crippen molar-refractivity contribution in [2.75, 3.05) is 26.9 Å². The molecule has 0 aliphatic rings. The average Bonchev–Trinajstić information content (AvgIpc) is 1.97. The Kier molecular flexibility index (Phi) is 10.0. The Morgan fingerprint density at radius 2 is 1.90 bits per heavy atom. The summed E-state index contributed by atoms with van der Waals surface area (Å²) in [6, 6.07) is 0. The Balaban J connectivity index is 2.65. The Morgan fingerprint density at radius 3 is 2.50 bits per heavy atom. The maximum absolute atomic E-state index is 5.25. The van der Waals surface area contributed by atoms with Gasteiger partial charge in [-0.1, -0.05) is 0 Å². The summed E-state index contributed by atoms with van der Waals surface area (Å²) < 4.78 is 10.1. The van der Waals surface area contributed by atoms with Gasteiger partial charge < -0.3 is 0 Å². The molecular formula is C7H15LiO2. The van der Waals surface area contributed by atoms with Crippen molar-refractivity contribution in [1.82, 2.24) is 0 Å². The molecule has 0 fully saturated rings. The van der Waals surface area contributed by atoms with Crippen LogP contribution in [0.2, 0.25) is 5.09 Å². The molecule has 0 rings (SSSR count). The summed E-state index contributed by atoms with van der Waals surface area (Å²) in [5, 5.41) is 1.26. The fraction of sp³-hybridized carbons (Fsp3) is 1.00. The minimum atomic E-state index is 0.714. The zero-order valence-electron chi connectivity index (χ0n) is 7.06. The molecule has 0 aromatic heterocycles. The molecule has 0 aromatic carbocycles. The van der Waals surface area contributed by atoms with Crippen LogP contribution in [-0.4, -0.2) is 44.6 Å². The first kappa shape index (κ1) is 10.5. The Bertz CT molecular complexity index is 51.6. The van der Waals surface area contributed by atoms with Crippen LogP contribution < -0.4 is 0 Å². The molecule has 0 bridgehead atoms. The van der Waals surface area contributed by atoms with Crippen LogP contribution in [0, 0.1) is 0 Å². The van der Waals surface area contributed by atoms with Crippen LogP contribution in [0.1, 0.15) is 12.8 Å². The van der Waals surface area contributed by atoms with E-state index in [1.165, 1.54) is 17.9 Å². The molecule has 3 heteroatoms. The molecule has 0 amide bonds. The van der Waals surface area contributed by atoms with Crippen LogP contribution in [0.5, 0.6) is 0 Å². The van der Waals surface area contributed by atoms with Crippen molar-refractivity contribution in [3.05, 3.63) is 0 Å². The number of hydrogen-bond donors (Lipinski definition) is 0. The van der Waals surface area contributed by atoms with Gasteiger partial charge in [-0.25, -0.2) is 0 Å². The van der Waals surface area contributed by atoms with Gasteiger partial charge in [0.2, 0.25) is 0 Å². The second kappa shape index (κ2) is 9.52. The molecule has 0 aliphatic carbocycles. The van der Waals surface area contributed by atoms with Crippen LogP contribution in [0.15, 0.2) is 0 Å². The van der Waals surface area contributed by atoms with Crippen LogP contribution in [0.3, 0.4) is 0 Å². The van der Waals surface area contributed by atoms with Crippen LogP contribution in [0.4, 0.5) is 0 Å². The van der Waals surface area contributed by atoms with Crippen molar-refractivity contribution < 1.29 is 9.47 Å². The summed E-state index contributed by atoms with van der Waals surface area (Å²) in [6.45, 7) is 2.34. The van der Waals surface area contributed by atoms with Crippen LogP contribution >= 0.6 is 0 Å². The van der Waals surface area contributed by atoms with Gasteiger partial charge in [0.25, 0.3) is 0 Å². The summed E-state index contributed by atoms with van der Waals surface area (Å²) in [5.74, 6) is 0. The van der Waals surface area contributed by atoms with Gasteiger partial charge in [0, 0.05) is 0 Å². The van der Waals surface area contributed by atoms with Crippen LogP contribution in [0.25, 0.3) is 0 Å². The van der Waals surface area contributed by atoms with Crippen molar-refractivity contribution in [2.45, 2.75) is 17.9 Å². The molecule has 0 spiro atoms. The van der Waals surface area contributed by atoms with Crippen molar-refractivity contribution in [3.8, 4) is 0 Å². The van der Waals surface area contributed by atoms with Crippen LogP contribution in [-0.2, 0) is 9.47 Å². The topological polar surface area (TPSA) is 18.5 Å². The van der Waals surface area contributed by atoms with E-state index in [1.54, 1.807) is 7.11 Å². The third-order valence-electron chi connectivity index (χ3n) is 1.32. The third-order valence-corrected chi connectivity index (χ3v) is 1.32. The van der Waals surface area contributed by atoms with Gasteiger partial charge in [-0.2, -0.15) is 0 Å². The third kappa shape index (κ3) is 8.52. The van der Waals surface area contributed by atoms with Gasteiger partial charge in [0.15, 0.2) is 0 Å². The first-order valence-electron chi connectivity index (χ1n) is 3.98. The predicted octanol–water partition coefficient (Wildman–Crippen LogP) is 1.02. The molecule has 56 valence electrons. The van der Waals surface area contributed by atoms with Crippen molar-refractivity contribution in [3.63, 3.8) is 0 Å². The SMILES string of the molecule is [Li][CH2]CCCOCCOC. The van der Waals surface area contributed by atoms with E-state index in [0.29, 0.717) is 6.61 Å². The quantitative estimate of drug-likeness (QED) is 0.386. The summed E-state index contributed by atoms with van der Waals surface area (Å²) in [6.07, 6.45) is 2.45. The number of unbranched alkanes of at least 4 members (excludes halogenated alkanes) is 1. The van der Waals surface area contributed by atoms with Gasteiger partial charge in [-0.15, -0.1) is 0 Å². The summed E-state index contributed by atoms with van der Waals surface area (Å²) >= 11 is 2.19. The fourth-order valence-corrected chi connectivity index (χ4v) is 0.698. The molecule has 0 unspecified atom stereocenters. The predicted molar refractivity (Wildman–Crippen MR) is 42.5 cm³/mol. The molecule has 0 heterocycles. The van der Waals surface area contributed by atoms with E-state index in [9.17, 15) is 0 Å². The van der Waals surface area contributed by atoms with Gasteiger partial charge in [-0.3, -0.25) is 0 Å². The maximum atomic E-state index is 5.25. The first-order chi connectivity index (χ1) is 4.91. The Morgan fingerprint density at radius 1 is 1.10 bits per heavy atom. The Labute approximate surface area is 72.5 Å². The number of rotatable bonds is 7. The van der Waals surface area contributed by atoms with Gasteiger partial charge in [0.1, 0.15) is 0 Å². The molecule has 0 radical (unpaired) electrons. The van der Waals surface area contributed by atoms with E-state index >= 15 is 0 Å². The summed E-state index contributed by atoms with van der Waals surface area (Å²) in [7, 11) is 1.69. The average molecular weight is 138 g/mol. The normalized spacial score (nSPS) is 10.3. The van der Waals surface area contributed by atoms with Gasteiger partial charge >= 0.3 is 72.1 Å². The van der Waals surface area contributed by atoms with Gasteiger partial charge in [-0.05, 0) is 0 Å². The molecule has 2 nitrogen and oxygen atoms in total. The fourth-order valence-electron chi connectivity index (χ4n) is 0.698. The summed E-state index contributed by atoms with van der Waals surface area (Å²) in [4.78, 5) is 0. The first-order valence-corrected chi connectivity index (χ1v) is 3.98. The Hall–Kier alpha value is 0.517. The summed E-state index contributed by atoms with van der Waals surface area (Å²) in [5.41, 5.74) is 0. The van der Waals surface area contributed by atoms with Crippen molar-refractivity contribution in [1.29, 1.82) is 0 Å². The number of methoxy groups -OCH3 is 1. The van der Waals surface area contributed by atoms with Gasteiger partial charge in [0.05, 0.1) is 0 Å². The van der Waals surface area contributed by atoms with E-state index in [-0.39, 0.29) is 0 Å². The number of ether oxygens (including phenoxy) is 2.